The Labute approximate surface area is 101 Å². The van der Waals surface area contributed by atoms with Crippen LogP contribution in [0.2, 0.25) is 0 Å². The maximum Gasteiger partial charge on any atom is 0.226 e. The van der Waals surface area contributed by atoms with E-state index in [1.807, 2.05) is 0 Å². The molecule has 2 aliphatic heterocycles. The van der Waals surface area contributed by atoms with E-state index in [1.54, 1.807) is 0 Å². The summed E-state index contributed by atoms with van der Waals surface area (Å²) in [5.74, 6) is 1.04. The van der Waals surface area contributed by atoms with E-state index in [4.69, 9.17) is 4.74 Å². The van der Waals surface area contributed by atoms with E-state index in [1.165, 1.54) is 0 Å². The largest absolute Gasteiger partial charge is 0.390 e. The molecule has 2 bridgehead atoms. The van der Waals surface area contributed by atoms with Gasteiger partial charge in [-0.25, -0.2) is 0 Å². The highest BCUT2D eigenvalue weighted by Crippen LogP contribution is 2.65. The topological polar surface area (TPSA) is 58.6 Å². The molecule has 0 spiro atoms. The van der Waals surface area contributed by atoms with E-state index in [9.17, 15) is 9.90 Å². The van der Waals surface area contributed by atoms with Crippen molar-refractivity contribution >= 4 is 5.91 Å². The second-order valence-electron chi connectivity index (χ2n) is 6.17. The summed E-state index contributed by atoms with van der Waals surface area (Å²) < 4.78 is 6.12. The summed E-state index contributed by atoms with van der Waals surface area (Å²) in [6, 6.07) is 0. The Bertz CT molecular complexity index is 385. The summed E-state index contributed by atoms with van der Waals surface area (Å²) in [7, 11) is 0. The molecule has 1 amide bonds. The summed E-state index contributed by atoms with van der Waals surface area (Å²) in [4.78, 5) is 12.1. The summed E-state index contributed by atoms with van der Waals surface area (Å²) in [5.41, 5.74) is -0.431. The molecule has 2 heterocycles. The number of carbonyl (C=O) groups excluding carboxylic acids is 1. The maximum absolute atomic E-state index is 12.1. The highest BCUT2D eigenvalue weighted by atomic mass is 16.5. The molecule has 4 heteroatoms. The minimum atomic E-state index is -0.431. The Balaban J connectivity index is 1.73. The Hall–Kier alpha value is -0.610. The number of ether oxygens (including phenoxy) is 1. The summed E-state index contributed by atoms with van der Waals surface area (Å²) in [6.07, 6.45) is 3.66. The van der Waals surface area contributed by atoms with E-state index in [0.29, 0.717) is 11.8 Å². The smallest absolute Gasteiger partial charge is 0.226 e. The lowest BCUT2D eigenvalue weighted by atomic mass is 9.76. The number of fused-ring (bicyclic) bond motifs is 2. The highest BCUT2D eigenvalue weighted by molar-refractivity contribution is 5.84. The lowest BCUT2D eigenvalue weighted by Crippen LogP contribution is -2.47. The van der Waals surface area contributed by atoms with Crippen LogP contribution in [0.4, 0.5) is 0 Å². The van der Waals surface area contributed by atoms with Crippen LogP contribution in [0.25, 0.3) is 0 Å². The third-order valence-corrected chi connectivity index (χ3v) is 5.48. The van der Waals surface area contributed by atoms with Gasteiger partial charge in [-0.1, -0.05) is 13.3 Å². The molecule has 4 aliphatic rings. The number of rotatable bonds is 3. The van der Waals surface area contributed by atoms with E-state index in [-0.39, 0.29) is 23.8 Å². The molecule has 7 atom stereocenters. The third kappa shape index (κ3) is 1.01. The number of unbranched alkanes of at least 4 members (excludes halogenated alkanes) is 1. The molecule has 4 rings (SSSR count). The third-order valence-electron chi connectivity index (χ3n) is 5.48. The first-order valence-corrected chi connectivity index (χ1v) is 6.86. The second kappa shape index (κ2) is 3.04. The SMILES string of the molecule is CCCCC12NC(=O)C3C4CC(C(O1)C4O)C32. The zero-order valence-corrected chi connectivity index (χ0v) is 10.1. The van der Waals surface area contributed by atoms with Gasteiger partial charge in [0.15, 0.2) is 0 Å². The second-order valence-corrected chi connectivity index (χ2v) is 6.17. The van der Waals surface area contributed by atoms with Crippen LogP contribution in [-0.2, 0) is 9.53 Å². The number of hydrogen-bond donors (Lipinski definition) is 2. The van der Waals surface area contributed by atoms with Crippen LogP contribution in [0.3, 0.4) is 0 Å². The zero-order valence-electron chi connectivity index (χ0n) is 10.1. The van der Waals surface area contributed by atoms with Gasteiger partial charge in [-0.15, -0.1) is 0 Å². The molecule has 17 heavy (non-hydrogen) atoms. The molecule has 0 aromatic carbocycles. The van der Waals surface area contributed by atoms with Crippen LogP contribution in [-0.4, -0.2) is 28.9 Å². The number of aliphatic hydroxyl groups excluding tert-OH is 1. The van der Waals surface area contributed by atoms with Crippen molar-refractivity contribution in [1.29, 1.82) is 0 Å². The summed E-state index contributed by atoms with van der Waals surface area (Å²) in [5, 5.41) is 13.3. The first kappa shape index (κ1) is 10.3. The van der Waals surface area contributed by atoms with Gasteiger partial charge in [0, 0.05) is 5.92 Å². The molecule has 0 aromatic heterocycles. The summed E-state index contributed by atoms with van der Waals surface area (Å²) >= 11 is 0. The Morgan fingerprint density at radius 1 is 1.53 bits per heavy atom. The van der Waals surface area contributed by atoms with Crippen LogP contribution in [0.15, 0.2) is 0 Å². The molecular formula is C13H19NO3. The average Bonchev–Trinajstić information content (AvgIpc) is 2.94. The van der Waals surface area contributed by atoms with E-state index < -0.39 is 11.8 Å². The molecule has 0 aromatic rings. The molecule has 2 saturated heterocycles. The Morgan fingerprint density at radius 3 is 3.12 bits per heavy atom. The number of aliphatic hydroxyl groups is 1. The highest BCUT2D eigenvalue weighted by Gasteiger charge is 2.75. The van der Waals surface area contributed by atoms with Crippen molar-refractivity contribution in [2.24, 2.45) is 23.7 Å². The summed E-state index contributed by atoms with van der Waals surface area (Å²) in [6.45, 7) is 2.15. The van der Waals surface area contributed by atoms with Gasteiger partial charge in [-0.3, -0.25) is 4.79 Å². The number of hydrogen-bond acceptors (Lipinski definition) is 3. The van der Waals surface area contributed by atoms with Crippen LogP contribution in [0.5, 0.6) is 0 Å². The van der Waals surface area contributed by atoms with Gasteiger partial charge in [0.05, 0.1) is 18.1 Å². The first-order chi connectivity index (χ1) is 8.18. The normalized spacial score (nSPS) is 57.9. The fourth-order valence-electron chi connectivity index (χ4n) is 4.93. The molecule has 4 nitrogen and oxygen atoms in total. The molecular weight excluding hydrogens is 218 g/mol. The van der Waals surface area contributed by atoms with Crippen LogP contribution in [0.1, 0.15) is 32.6 Å². The Morgan fingerprint density at radius 2 is 2.35 bits per heavy atom. The van der Waals surface area contributed by atoms with E-state index >= 15 is 0 Å². The molecule has 2 saturated carbocycles. The standard InChI is InChI=1S/C13H19NO3/c1-2-3-4-13-9-7-5-6(8(9)12(16)14-13)10(15)11(7)17-13/h6-11,15H,2-5H2,1H3,(H,14,16). The van der Waals surface area contributed by atoms with Crippen molar-refractivity contribution in [2.75, 3.05) is 0 Å². The monoisotopic (exact) mass is 237 g/mol. The van der Waals surface area contributed by atoms with Gasteiger partial charge in [-0.2, -0.15) is 0 Å². The number of nitrogens with one attached hydrogen (secondary N) is 1. The number of carbonyl (C=O) groups is 1. The first-order valence-electron chi connectivity index (χ1n) is 6.86. The zero-order chi connectivity index (χ0) is 11.8. The van der Waals surface area contributed by atoms with Gasteiger partial charge < -0.3 is 15.2 Å². The van der Waals surface area contributed by atoms with Crippen molar-refractivity contribution < 1.29 is 14.6 Å². The molecule has 7 unspecified atom stereocenters. The molecule has 4 fully saturated rings. The minimum absolute atomic E-state index is 0.0151. The van der Waals surface area contributed by atoms with Gasteiger partial charge in [0.2, 0.25) is 5.91 Å². The fraction of sp³-hybridized carbons (Fsp3) is 0.923. The molecule has 0 radical (unpaired) electrons. The average molecular weight is 237 g/mol. The van der Waals surface area contributed by atoms with Gasteiger partial charge in [0.25, 0.3) is 0 Å². The molecule has 2 aliphatic carbocycles. The lowest BCUT2D eigenvalue weighted by Gasteiger charge is -2.29. The fourth-order valence-corrected chi connectivity index (χ4v) is 4.93. The maximum atomic E-state index is 12.1. The van der Waals surface area contributed by atoms with Crippen LogP contribution < -0.4 is 5.32 Å². The van der Waals surface area contributed by atoms with Crippen LogP contribution >= 0.6 is 0 Å². The van der Waals surface area contributed by atoms with Crippen LogP contribution in [0, 0.1) is 23.7 Å². The van der Waals surface area contributed by atoms with Crippen molar-refractivity contribution in [3.05, 3.63) is 0 Å². The van der Waals surface area contributed by atoms with Gasteiger partial charge in [0.1, 0.15) is 5.72 Å². The minimum Gasteiger partial charge on any atom is -0.390 e. The molecule has 2 N–H and O–H groups in total. The van der Waals surface area contributed by atoms with Gasteiger partial charge >= 0.3 is 0 Å². The van der Waals surface area contributed by atoms with Crippen molar-refractivity contribution in [3.8, 4) is 0 Å². The Kier molecular flexibility index (Phi) is 1.84. The van der Waals surface area contributed by atoms with Crippen molar-refractivity contribution in [3.63, 3.8) is 0 Å². The van der Waals surface area contributed by atoms with E-state index in [0.717, 1.165) is 25.7 Å². The lowest BCUT2D eigenvalue weighted by molar-refractivity contribution is -0.140. The van der Waals surface area contributed by atoms with Crippen molar-refractivity contribution in [2.45, 2.75) is 50.5 Å². The van der Waals surface area contributed by atoms with E-state index in [2.05, 4.69) is 12.2 Å². The number of amides is 1. The predicted octanol–water partition coefficient (Wildman–Crippen LogP) is 0.644. The van der Waals surface area contributed by atoms with Gasteiger partial charge in [-0.05, 0) is 31.1 Å². The molecule has 94 valence electrons. The van der Waals surface area contributed by atoms with Crippen molar-refractivity contribution in [1.82, 2.24) is 5.32 Å². The quantitative estimate of drug-likeness (QED) is 0.757. The predicted molar refractivity (Wildman–Crippen MR) is 59.9 cm³/mol.